The van der Waals surface area contributed by atoms with E-state index in [1.807, 2.05) is 19.1 Å². The topological polar surface area (TPSA) is 133 Å². The number of thiophene rings is 1. The van der Waals surface area contributed by atoms with Gasteiger partial charge in [0.2, 0.25) is 0 Å². The van der Waals surface area contributed by atoms with Gasteiger partial charge in [0, 0.05) is 28.8 Å². The Bertz CT molecular complexity index is 2460. The Morgan fingerprint density at radius 3 is 2.43 bits per heavy atom. The molecule has 0 aliphatic heterocycles. The second-order valence-corrected chi connectivity index (χ2v) is 12.0. The Morgan fingerprint density at radius 2 is 1.73 bits per heavy atom. The molecule has 5 aromatic heterocycles. The molecule has 0 aliphatic carbocycles. The first-order valence-electron chi connectivity index (χ1n) is 14.7. The molecule has 49 heavy (non-hydrogen) atoms. The number of carbonyl (C=O) groups excluding carboxylic acids is 2. The van der Waals surface area contributed by atoms with Crippen LogP contribution in [0.1, 0.15) is 50.5 Å². The van der Waals surface area contributed by atoms with E-state index in [0.29, 0.717) is 44.6 Å². The number of carbonyl (C=O) groups is 2. The highest BCUT2D eigenvalue weighted by Crippen LogP contribution is 2.44. The third-order valence-electron chi connectivity index (χ3n) is 8.13. The predicted octanol–water partition coefficient (Wildman–Crippen LogP) is 7.66. The number of primary amides is 1. The largest absolute Gasteiger partial charge is 0.433 e. The lowest BCUT2D eigenvalue weighted by Crippen LogP contribution is -2.18. The van der Waals surface area contributed by atoms with E-state index in [-0.39, 0.29) is 37.6 Å². The molecule has 0 saturated heterocycles. The summed E-state index contributed by atoms with van der Waals surface area (Å²) in [5.41, 5.74) is 4.62. The molecule has 3 N–H and O–H groups in total. The van der Waals surface area contributed by atoms with E-state index in [1.54, 1.807) is 41.9 Å². The Kier molecular flexibility index (Phi) is 7.62. The van der Waals surface area contributed by atoms with Crippen molar-refractivity contribution in [2.45, 2.75) is 33.0 Å². The van der Waals surface area contributed by atoms with Gasteiger partial charge in [-0.3, -0.25) is 14.3 Å². The van der Waals surface area contributed by atoms with E-state index in [4.69, 9.17) is 5.73 Å². The number of pyridine rings is 1. The summed E-state index contributed by atoms with van der Waals surface area (Å²) in [7, 11) is 0. The average molecular weight is 691 g/mol. The fourth-order valence-electron chi connectivity index (χ4n) is 5.86. The molecule has 0 spiro atoms. The number of hydrogen-bond acceptors (Lipinski definition) is 7. The molecule has 0 bridgehead atoms. The summed E-state index contributed by atoms with van der Waals surface area (Å²) in [5.74, 6) is -1.96. The number of hydrogen-bond donors (Lipinski definition) is 2. The van der Waals surface area contributed by atoms with E-state index >= 15 is 0 Å². The van der Waals surface area contributed by atoms with Crippen LogP contribution in [0.4, 0.5) is 27.6 Å². The van der Waals surface area contributed by atoms with Gasteiger partial charge in [-0.05, 0) is 42.3 Å². The maximum Gasteiger partial charge on any atom is 0.433 e. The van der Waals surface area contributed by atoms with Crippen molar-refractivity contribution in [1.29, 1.82) is 0 Å². The lowest BCUT2D eigenvalue weighted by atomic mass is 10.0. The molecule has 16 heteroatoms. The van der Waals surface area contributed by atoms with Crippen molar-refractivity contribution in [1.82, 2.24) is 29.4 Å². The molecule has 5 heterocycles. The maximum absolute atomic E-state index is 14.4. The number of benzene rings is 2. The summed E-state index contributed by atoms with van der Waals surface area (Å²) >= 11 is 0.694. The molecule has 7 rings (SSSR count). The van der Waals surface area contributed by atoms with Gasteiger partial charge in [0.1, 0.15) is 21.0 Å². The summed E-state index contributed by atoms with van der Waals surface area (Å²) in [4.78, 5) is 34.9. The van der Waals surface area contributed by atoms with E-state index in [1.165, 1.54) is 6.20 Å². The van der Waals surface area contributed by atoms with Crippen molar-refractivity contribution in [3.8, 4) is 22.4 Å². The molecule has 248 valence electrons. The number of rotatable bonds is 7. The normalized spacial score (nSPS) is 12.1. The molecule has 0 saturated carbocycles. The highest BCUT2D eigenvalue weighted by Gasteiger charge is 2.36. The van der Waals surface area contributed by atoms with Crippen molar-refractivity contribution in [3.63, 3.8) is 0 Å². The smallest absolute Gasteiger partial charge is 0.365 e. The van der Waals surface area contributed by atoms with Gasteiger partial charge in [0.05, 0.1) is 23.8 Å². The van der Waals surface area contributed by atoms with E-state index in [9.17, 15) is 31.5 Å². The number of aromatic nitrogens is 6. The van der Waals surface area contributed by atoms with Crippen LogP contribution in [0, 0.1) is 6.92 Å². The molecule has 2 aromatic carbocycles. The molecule has 0 aliphatic rings. The molecular weight excluding hydrogens is 667 g/mol. The zero-order valence-corrected chi connectivity index (χ0v) is 26.3. The average Bonchev–Trinajstić information content (AvgIpc) is 3.78. The second kappa shape index (κ2) is 11.7. The first-order chi connectivity index (χ1) is 23.4. The van der Waals surface area contributed by atoms with Gasteiger partial charge in [0.15, 0.2) is 11.3 Å². The van der Waals surface area contributed by atoms with Crippen LogP contribution in [0.5, 0.6) is 0 Å². The van der Waals surface area contributed by atoms with Gasteiger partial charge in [0.25, 0.3) is 18.2 Å². The van der Waals surface area contributed by atoms with Crippen molar-refractivity contribution < 1.29 is 31.5 Å². The predicted molar refractivity (Wildman–Crippen MR) is 174 cm³/mol. The van der Waals surface area contributed by atoms with Gasteiger partial charge in [-0.25, -0.2) is 23.3 Å². The first kappa shape index (κ1) is 31.8. The highest BCUT2D eigenvalue weighted by molar-refractivity contribution is 7.21. The zero-order chi connectivity index (χ0) is 34.8. The van der Waals surface area contributed by atoms with E-state index in [0.717, 1.165) is 23.7 Å². The van der Waals surface area contributed by atoms with Crippen molar-refractivity contribution in [2.75, 3.05) is 5.32 Å². The lowest BCUT2D eigenvalue weighted by molar-refractivity contribution is -0.142. The molecular formula is C33H23F5N8O2S. The molecule has 0 fully saturated rings. The van der Waals surface area contributed by atoms with E-state index in [2.05, 4.69) is 25.5 Å². The number of aryl methyl sites for hydroxylation is 1. The lowest BCUT2D eigenvalue weighted by Gasteiger charge is -2.13. The summed E-state index contributed by atoms with van der Waals surface area (Å²) in [6, 6.07) is 14.2. The van der Waals surface area contributed by atoms with Gasteiger partial charge < -0.3 is 11.1 Å². The summed E-state index contributed by atoms with van der Waals surface area (Å²) in [6.45, 7) is 4.05. The van der Waals surface area contributed by atoms with Crippen molar-refractivity contribution >= 4 is 55.5 Å². The SMILES string of the molecule is CCn1ncc(-c2cc(C(F)F)nc3sc(C(N)=O)c(NC(=O)c4cnn5c(C(F)(F)F)cc(-c6cccc7ccccc67)nc45)c23)c1C. The molecule has 0 atom stereocenters. The number of anilines is 1. The number of nitrogens with one attached hydrogen (secondary N) is 1. The van der Waals surface area contributed by atoms with Crippen molar-refractivity contribution in [3.05, 3.63) is 94.5 Å². The van der Waals surface area contributed by atoms with E-state index < -0.39 is 41.5 Å². The Balaban J connectivity index is 1.43. The first-order valence-corrected chi connectivity index (χ1v) is 15.5. The fraction of sp³-hybridized carbons (Fsp3) is 0.152. The van der Waals surface area contributed by atoms with Gasteiger partial charge >= 0.3 is 6.18 Å². The number of amides is 2. The van der Waals surface area contributed by atoms with Crippen LogP contribution in [-0.2, 0) is 12.7 Å². The number of nitrogens with two attached hydrogens (primary N) is 1. The van der Waals surface area contributed by atoms with Crippen molar-refractivity contribution in [2.24, 2.45) is 5.73 Å². The Hall–Kier alpha value is -5.77. The number of halogens is 5. The highest BCUT2D eigenvalue weighted by atomic mass is 32.1. The minimum Gasteiger partial charge on any atom is -0.365 e. The standard InChI is InChI=1S/C33H23F5N8O2S/c1-3-45-15(2)20(13-40-45)19-11-23(28(34)35)43-32-25(19)26(27(49-32)29(39)47)44-31(48)21-14-41-46-24(33(36,37)38)12-22(42-30(21)46)18-10-6-8-16-7-4-5-9-17(16)18/h4-14,28H,3H2,1-2H3,(H2,39,47)(H,44,48). The van der Waals surface area contributed by atoms with Crippen LogP contribution in [0.25, 0.3) is 49.0 Å². The fourth-order valence-corrected chi connectivity index (χ4v) is 6.87. The maximum atomic E-state index is 14.4. The molecule has 0 unspecified atom stereocenters. The molecule has 0 radical (unpaired) electrons. The quantitative estimate of drug-likeness (QED) is 0.165. The summed E-state index contributed by atoms with van der Waals surface area (Å²) < 4.78 is 73.4. The van der Waals surface area contributed by atoms with Crippen LogP contribution in [-0.4, -0.2) is 41.2 Å². The summed E-state index contributed by atoms with van der Waals surface area (Å²) in [6.07, 6.45) is -5.45. The monoisotopic (exact) mass is 690 g/mol. The van der Waals surface area contributed by atoms with Crippen LogP contribution in [0.3, 0.4) is 0 Å². The van der Waals surface area contributed by atoms with Gasteiger partial charge in [-0.2, -0.15) is 23.4 Å². The van der Waals surface area contributed by atoms with Gasteiger partial charge in [-0.1, -0.05) is 42.5 Å². The second-order valence-electron chi connectivity index (χ2n) is 11.0. The zero-order valence-electron chi connectivity index (χ0n) is 25.5. The summed E-state index contributed by atoms with van der Waals surface area (Å²) in [5, 5.41) is 12.3. The van der Waals surface area contributed by atoms with Crippen LogP contribution >= 0.6 is 11.3 Å². The van der Waals surface area contributed by atoms with Crippen LogP contribution < -0.4 is 11.1 Å². The Morgan fingerprint density at radius 1 is 0.980 bits per heavy atom. The number of fused-ring (bicyclic) bond motifs is 3. The Labute approximate surface area is 277 Å². The van der Waals surface area contributed by atoms with Crippen LogP contribution in [0.2, 0.25) is 0 Å². The molecule has 7 aromatic rings. The number of nitrogens with zero attached hydrogens (tertiary/aromatic N) is 6. The minimum absolute atomic E-state index is 0.0175. The van der Waals surface area contributed by atoms with Crippen LogP contribution in [0.15, 0.2) is 67.0 Å². The molecule has 10 nitrogen and oxygen atoms in total. The number of alkyl halides is 5. The third kappa shape index (κ3) is 5.33. The third-order valence-corrected chi connectivity index (χ3v) is 9.23. The minimum atomic E-state index is -4.88. The van der Waals surface area contributed by atoms with Gasteiger partial charge in [-0.15, -0.1) is 11.3 Å². The molecule has 2 amide bonds.